The Morgan fingerprint density at radius 2 is 0.660 bits per heavy atom. The maximum absolute atomic E-state index is 13.6. The molecule has 0 aliphatic heterocycles. The number of hydrogen-bond acceptors (Lipinski definition) is 4. The molecule has 12 heteroatoms. The number of benzene rings is 4. The average Bonchev–Trinajstić information content (AvgIpc) is 2.93. The molecule has 4 rings (SSSR count). The minimum absolute atomic E-state index is 0. The van der Waals surface area contributed by atoms with E-state index in [-0.39, 0.29) is 43.5 Å². The van der Waals surface area contributed by atoms with Crippen LogP contribution in [0.2, 0.25) is 0 Å². The van der Waals surface area contributed by atoms with Crippen LogP contribution in [0.5, 0.6) is 0 Å². The van der Waals surface area contributed by atoms with Crippen LogP contribution in [0.3, 0.4) is 0 Å². The third-order valence-electron chi connectivity index (χ3n) is 6.91. The van der Waals surface area contributed by atoms with Gasteiger partial charge in [0.1, 0.15) is 20.0 Å². The first kappa shape index (κ1) is 47.0. The van der Waals surface area contributed by atoms with Crippen LogP contribution in [-0.4, -0.2) is 59.1 Å². The summed E-state index contributed by atoms with van der Waals surface area (Å²) in [5, 5.41) is 10.5. The number of aryl methyl sites for hydroxylation is 8. The van der Waals surface area contributed by atoms with Gasteiger partial charge in [0.15, 0.2) is 0 Å². The molecule has 4 aromatic carbocycles. The van der Waals surface area contributed by atoms with E-state index in [1.165, 1.54) is 0 Å². The van der Waals surface area contributed by atoms with Gasteiger partial charge >= 0.3 is 22.4 Å². The molecule has 270 valence electrons. The molecule has 0 saturated carbocycles. The molecule has 0 aromatic heterocycles. The van der Waals surface area contributed by atoms with E-state index in [0.717, 1.165) is 22.3 Å². The van der Waals surface area contributed by atoms with Crippen molar-refractivity contribution < 1.29 is 39.2 Å². The average molecular weight is 800 g/mol. The molecule has 0 bridgehead atoms. The summed E-state index contributed by atoms with van der Waals surface area (Å²) in [5.74, 6) is 0. The van der Waals surface area contributed by atoms with Crippen molar-refractivity contribution in [3.63, 3.8) is 0 Å². The van der Waals surface area contributed by atoms with Crippen LogP contribution in [-0.2, 0) is 42.4 Å². The number of rotatable bonds is 7. The molecule has 0 aliphatic rings. The summed E-state index contributed by atoms with van der Waals surface area (Å²) in [5.41, 5.74) is 7.43. The molecular formula is C38H52N5NbO4S2. The second-order valence-electron chi connectivity index (χ2n) is 11.9. The smallest absolute Gasteiger partial charge is 0.668 e. The van der Waals surface area contributed by atoms with E-state index in [1.54, 1.807) is 94.2 Å². The van der Waals surface area contributed by atoms with Crippen LogP contribution in [0.4, 0.5) is 11.4 Å². The molecule has 0 radical (unpaired) electrons. The van der Waals surface area contributed by atoms with Crippen molar-refractivity contribution in [2.45, 2.75) is 65.2 Å². The van der Waals surface area contributed by atoms with Gasteiger partial charge in [0.2, 0.25) is 0 Å². The van der Waals surface area contributed by atoms with Crippen LogP contribution in [0, 0.1) is 55.4 Å². The molecule has 0 fully saturated rings. The van der Waals surface area contributed by atoms with Crippen LogP contribution in [0.25, 0.3) is 36.5 Å². The molecule has 0 amide bonds. The SMILES string of the molecule is C[N-]C.C[N-]C.C[N-]C.Cc1cc(C)c(S(=O)(=O)[N-]c2cccc(C)c2-c2c(C)cccc2[N-]S(=O)(=O)c2c(C)cc(C)cc2C)c(C)c1.[Nb+5]. The number of sulfonamides is 2. The molecule has 9 nitrogen and oxygen atoms in total. The molecule has 0 saturated heterocycles. The van der Waals surface area contributed by atoms with E-state index in [4.69, 9.17) is 0 Å². The zero-order chi connectivity index (χ0) is 37.7. The molecule has 0 aliphatic carbocycles. The monoisotopic (exact) mass is 799 g/mol. The first-order valence-corrected chi connectivity index (χ1v) is 18.5. The molecule has 0 unspecified atom stereocenters. The fraction of sp³-hybridized carbons (Fsp3) is 0.368. The molecular weight excluding hydrogens is 747 g/mol. The second kappa shape index (κ2) is 21.4. The third kappa shape index (κ3) is 12.6. The maximum atomic E-state index is 13.6. The maximum Gasteiger partial charge on any atom is 5.00 e. The summed E-state index contributed by atoms with van der Waals surface area (Å²) >= 11 is 0. The largest absolute Gasteiger partial charge is 5.00 e. The predicted octanol–water partition coefficient (Wildman–Crippen LogP) is 10.5. The third-order valence-corrected chi connectivity index (χ3v) is 10.1. The van der Waals surface area contributed by atoms with Crippen LogP contribution < -0.4 is 0 Å². The summed E-state index contributed by atoms with van der Waals surface area (Å²) in [6.07, 6.45) is 0. The van der Waals surface area contributed by atoms with Crippen molar-refractivity contribution >= 4 is 31.4 Å². The predicted molar refractivity (Wildman–Crippen MR) is 209 cm³/mol. The van der Waals surface area contributed by atoms with Gasteiger partial charge in [-0.05, 0) is 99.9 Å². The fourth-order valence-corrected chi connectivity index (χ4v) is 8.47. The molecule has 4 aromatic rings. The van der Waals surface area contributed by atoms with Gasteiger partial charge in [-0.3, -0.25) is 0 Å². The van der Waals surface area contributed by atoms with Crippen molar-refractivity contribution in [3.05, 3.63) is 131 Å². The van der Waals surface area contributed by atoms with Gasteiger partial charge < -0.3 is 25.4 Å². The fourth-order valence-electron chi connectivity index (χ4n) is 5.60. The van der Waals surface area contributed by atoms with E-state index in [0.29, 0.717) is 33.4 Å². The Labute approximate surface area is 318 Å². The van der Waals surface area contributed by atoms with Crippen LogP contribution >= 0.6 is 0 Å². The van der Waals surface area contributed by atoms with Gasteiger partial charge in [-0.15, -0.1) is 11.4 Å². The molecule has 0 heterocycles. The zero-order valence-electron chi connectivity index (χ0n) is 31.9. The zero-order valence-corrected chi connectivity index (χ0v) is 35.7. The van der Waals surface area contributed by atoms with Crippen molar-refractivity contribution in [2.75, 3.05) is 42.3 Å². The van der Waals surface area contributed by atoms with Crippen LogP contribution in [0.1, 0.15) is 44.5 Å². The van der Waals surface area contributed by atoms with Gasteiger partial charge in [0.05, 0.1) is 9.79 Å². The topological polar surface area (TPSA) is 139 Å². The van der Waals surface area contributed by atoms with E-state index in [9.17, 15) is 16.8 Å². The summed E-state index contributed by atoms with van der Waals surface area (Å²) in [7, 11) is 2.34. The van der Waals surface area contributed by atoms with E-state index in [1.807, 2.05) is 64.1 Å². The Balaban J connectivity index is 0.00000217. The Bertz CT molecular complexity index is 1740. The summed E-state index contributed by atoms with van der Waals surface area (Å²) in [4.78, 5) is 0.348. The molecule has 0 spiro atoms. The van der Waals surface area contributed by atoms with Gasteiger partial charge in [0, 0.05) is 0 Å². The second-order valence-corrected chi connectivity index (χ2v) is 15.0. The van der Waals surface area contributed by atoms with E-state index >= 15 is 0 Å². The molecule has 0 N–H and O–H groups in total. The first-order valence-electron chi connectivity index (χ1n) is 15.6. The minimum Gasteiger partial charge on any atom is -0.668 e. The number of hydrogen-bond donors (Lipinski definition) is 0. The van der Waals surface area contributed by atoms with Crippen LogP contribution in [0.15, 0.2) is 70.5 Å². The Hall–Kier alpha value is -3.00. The van der Waals surface area contributed by atoms with Gasteiger partial charge in [-0.25, -0.2) is 16.8 Å². The normalized spacial score (nSPS) is 10.6. The van der Waals surface area contributed by atoms with Gasteiger partial charge in [-0.1, -0.05) is 71.8 Å². The minimum atomic E-state index is -4.08. The Morgan fingerprint density at radius 3 is 0.900 bits per heavy atom. The van der Waals surface area contributed by atoms with Gasteiger partial charge in [0.25, 0.3) is 0 Å². The molecule has 50 heavy (non-hydrogen) atoms. The van der Waals surface area contributed by atoms with E-state index in [2.05, 4.69) is 25.4 Å². The van der Waals surface area contributed by atoms with Crippen molar-refractivity contribution in [1.82, 2.24) is 0 Å². The Kier molecular flexibility index (Phi) is 20.1. The first-order chi connectivity index (χ1) is 22.9. The van der Waals surface area contributed by atoms with Crippen molar-refractivity contribution in [2.24, 2.45) is 0 Å². The Morgan fingerprint density at radius 1 is 0.420 bits per heavy atom. The summed E-state index contributed by atoms with van der Waals surface area (Å²) in [6, 6.07) is 17.8. The van der Waals surface area contributed by atoms with Crippen molar-refractivity contribution in [1.29, 1.82) is 0 Å². The number of nitrogens with zero attached hydrogens (tertiary/aromatic N) is 5. The van der Waals surface area contributed by atoms with Gasteiger partial charge in [-0.2, -0.15) is 42.3 Å². The van der Waals surface area contributed by atoms with Crippen molar-refractivity contribution in [3.8, 4) is 11.1 Å². The summed E-state index contributed by atoms with van der Waals surface area (Å²) < 4.78 is 63.2. The summed E-state index contributed by atoms with van der Waals surface area (Å²) in [6.45, 7) is 14.6. The standard InChI is InChI=1S/C32H34N2O4S2.3C2H6N.Nb/c1-19-15-23(5)31(24(6)16-19)39(35,36)33-27-13-9-11-21(3)29(27)30-22(4)12-10-14-28(30)34-40(37,38)32-25(7)17-20(2)18-26(32)8;3*1-3-2;/h9-18H,1-8H3;3*1-2H3;/q-2;3*-1;+5. The quantitative estimate of drug-likeness (QED) is 0.172. The van der Waals surface area contributed by atoms with E-state index < -0.39 is 20.0 Å². The molecule has 0 atom stereocenters.